The molecule has 14 heteroatoms. The summed E-state index contributed by atoms with van der Waals surface area (Å²) in [5.74, 6) is 0.0773. The summed E-state index contributed by atoms with van der Waals surface area (Å²) in [5, 5.41) is 0.109. The Bertz CT molecular complexity index is 2100. The molecule has 0 radical (unpaired) electrons. The van der Waals surface area contributed by atoms with Crippen molar-refractivity contribution in [1.82, 2.24) is 0 Å². The van der Waals surface area contributed by atoms with Gasteiger partial charge in [0.1, 0.15) is 6.10 Å². The van der Waals surface area contributed by atoms with Crippen LogP contribution in [0, 0.1) is 0 Å². The van der Waals surface area contributed by atoms with E-state index in [9.17, 15) is 4.79 Å². The second kappa shape index (κ2) is 23.8. The van der Waals surface area contributed by atoms with Gasteiger partial charge in [-0.05, 0) is 107 Å². The largest absolute Gasteiger partial charge is 0.411 e. The molecular formula is C60H94O12Si2. The van der Waals surface area contributed by atoms with Crippen molar-refractivity contribution >= 4 is 22.4 Å². The second-order valence-corrected chi connectivity index (χ2v) is 34.8. The molecule has 0 aliphatic carbocycles. The molecule has 0 N–H and O–H groups in total. The molecule has 0 amide bonds. The topological polar surface area (TPSA) is 119 Å². The van der Waals surface area contributed by atoms with Crippen LogP contribution >= 0.6 is 0 Å². The van der Waals surface area contributed by atoms with E-state index in [-0.39, 0.29) is 96.3 Å². The second-order valence-electron chi connectivity index (χ2n) is 25.3. The number of hydrogen-bond donors (Lipinski definition) is 0. The molecule has 12 nitrogen and oxygen atoms in total. The van der Waals surface area contributed by atoms with Crippen molar-refractivity contribution in [3.05, 3.63) is 71.8 Å². The third-order valence-electron chi connectivity index (χ3n) is 19.2. The summed E-state index contributed by atoms with van der Waals surface area (Å²) < 4.78 is 77.0. The third kappa shape index (κ3) is 12.9. The van der Waals surface area contributed by atoms with Crippen LogP contribution in [0.5, 0.6) is 0 Å². The average molecular weight is 1060 g/mol. The minimum Gasteiger partial charge on any atom is -0.411 e. The Morgan fingerprint density at radius 3 is 1.93 bits per heavy atom. The van der Waals surface area contributed by atoms with E-state index >= 15 is 0 Å². The normalized spacial score (nSPS) is 38.9. The summed E-state index contributed by atoms with van der Waals surface area (Å²) in [6.07, 6.45) is 5.67. The highest BCUT2D eigenvalue weighted by Crippen LogP contribution is 2.49. The number of fused-ring (bicyclic) bond motifs is 5. The summed E-state index contributed by atoms with van der Waals surface area (Å²) in [4.78, 5) is 14.4. The monoisotopic (exact) mass is 1060 g/mol. The number of benzene rings is 2. The lowest BCUT2D eigenvalue weighted by Crippen LogP contribution is -2.62. The van der Waals surface area contributed by atoms with E-state index < -0.39 is 33.9 Å². The molecular weight excluding hydrogens is 969 g/mol. The molecule has 0 unspecified atom stereocenters. The molecule has 7 heterocycles. The third-order valence-corrected chi connectivity index (χ3v) is 28.3. The van der Waals surface area contributed by atoms with E-state index in [1.165, 1.54) is 5.56 Å². The van der Waals surface area contributed by atoms with Crippen LogP contribution in [-0.4, -0.2) is 132 Å². The van der Waals surface area contributed by atoms with Gasteiger partial charge >= 0.3 is 0 Å². The molecule has 2 aromatic rings. The zero-order chi connectivity index (χ0) is 52.5. The van der Waals surface area contributed by atoms with Crippen molar-refractivity contribution in [3.8, 4) is 0 Å². The van der Waals surface area contributed by atoms with E-state index in [4.69, 9.17) is 51.5 Å². The number of hydrogen-bond acceptors (Lipinski definition) is 12. The van der Waals surface area contributed by atoms with Gasteiger partial charge < -0.3 is 51.5 Å². The predicted molar refractivity (Wildman–Crippen MR) is 291 cm³/mol. The van der Waals surface area contributed by atoms with Gasteiger partial charge in [0.2, 0.25) is 0 Å². The lowest BCUT2D eigenvalue weighted by Gasteiger charge is -2.52. The summed E-state index contributed by atoms with van der Waals surface area (Å²) in [6.45, 7) is 26.7. The molecule has 7 saturated heterocycles. The minimum atomic E-state index is -2.13. The fourth-order valence-electron chi connectivity index (χ4n) is 13.3. The van der Waals surface area contributed by atoms with Gasteiger partial charge in [0.05, 0.1) is 110 Å². The molecule has 17 atom stereocenters. The molecule has 414 valence electrons. The first kappa shape index (κ1) is 56.8. The summed E-state index contributed by atoms with van der Waals surface area (Å²) in [6, 6.07) is 23.7. The quantitative estimate of drug-likeness (QED) is 0.104. The first-order valence-corrected chi connectivity index (χ1v) is 34.5. The number of carbonyl (C=O) groups is 1. The van der Waals surface area contributed by atoms with Crippen LogP contribution in [0.25, 0.3) is 0 Å². The number of rotatable bonds is 18. The zero-order valence-electron chi connectivity index (χ0n) is 47.1. The molecule has 7 fully saturated rings. The van der Waals surface area contributed by atoms with Gasteiger partial charge in [0, 0.05) is 45.1 Å². The molecule has 0 bridgehead atoms. The maximum Gasteiger partial charge on any atom is 0.192 e. The van der Waals surface area contributed by atoms with Crippen molar-refractivity contribution in [2.45, 2.75) is 292 Å². The molecule has 7 aliphatic rings. The van der Waals surface area contributed by atoms with Crippen LogP contribution in [0.2, 0.25) is 36.3 Å². The highest BCUT2D eigenvalue weighted by Gasteiger charge is 2.57. The Labute approximate surface area is 446 Å². The Kier molecular flexibility index (Phi) is 18.3. The molecule has 0 aromatic heterocycles. The van der Waals surface area contributed by atoms with Gasteiger partial charge in [-0.2, -0.15) is 0 Å². The Morgan fingerprint density at radius 1 is 0.662 bits per heavy atom. The van der Waals surface area contributed by atoms with Crippen molar-refractivity contribution in [2.24, 2.45) is 0 Å². The lowest BCUT2D eigenvalue weighted by atomic mass is 9.82. The molecule has 74 heavy (non-hydrogen) atoms. The first-order chi connectivity index (χ1) is 35.3. The van der Waals surface area contributed by atoms with Gasteiger partial charge in [-0.15, -0.1) is 0 Å². The highest BCUT2D eigenvalue weighted by molar-refractivity contribution is 6.74. The van der Waals surface area contributed by atoms with Crippen LogP contribution in [-0.2, 0) is 69.5 Å². The highest BCUT2D eigenvalue weighted by atomic mass is 28.4. The van der Waals surface area contributed by atoms with Crippen LogP contribution in [0.3, 0.4) is 0 Å². The first-order valence-electron chi connectivity index (χ1n) is 29.1. The van der Waals surface area contributed by atoms with E-state index in [0.29, 0.717) is 45.5 Å². The maximum absolute atomic E-state index is 14.4. The van der Waals surface area contributed by atoms with E-state index in [0.717, 1.165) is 75.1 Å². The van der Waals surface area contributed by atoms with Gasteiger partial charge in [0.25, 0.3) is 0 Å². The summed E-state index contributed by atoms with van der Waals surface area (Å²) >= 11 is 0. The summed E-state index contributed by atoms with van der Waals surface area (Å²) in [5.41, 5.74) is 1.12. The van der Waals surface area contributed by atoms with Gasteiger partial charge in [-0.1, -0.05) is 102 Å². The fourth-order valence-corrected chi connectivity index (χ4v) is 17.6. The van der Waals surface area contributed by atoms with E-state index in [2.05, 4.69) is 112 Å². The lowest BCUT2D eigenvalue weighted by molar-refractivity contribution is -0.280. The van der Waals surface area contributed by atoms with Gasteiger partial charge in [-0.25, -0.2) is 0 Å². The molecule has 2 aromatic carbocycles. The van der Waals surface area contributed by atoms with E-state index in [1.807, 2.05) is 24.3 Å². The molecule has 9 rings (SSSR count). The number of ether oxygens (including phenoxy) is 9. The zero-order valence-corrected chi connectivity index (χ0v) is 49.1. The van der Waals surface area contributed by atoms with Gasteiger partial charge in [-0.3, -0.25) is 4.79 Å². The Morgan fingerprint density at radius 2 is 1.27 bits per heavy atom. The summed E-state index contributed by atoms with van der Waals surface area (Å²) in [7, 11) is -4.14. The van der Waals surface area contributed by atoms with Crippen molar-refractivity contribution < 1.29 is 56.3 Å². The standard InChI is InChI=1S/C60H94O12Si2/c1-12-74(13-2,14-3)72-55-37-60(9)57(29-27-45-54(70-60)35-49-50(66-45)33-46(40(4)64-49)71-73(10,11)58(5,6)7)68-52(55)34-47-43(61)32-48-51(67-47)36-53-44(65-48)26-28-56(63-39-42-24-19-16-20-25-42)59(8,69-53)30-21-31-62-38-41-22-17-15-18-23-41/h15-20,22-25,40,44-57H,12-14,21,26-39H2,1-11H3/t40-,44+,45+,46+,47-,48-,49+,50-,51+,52+,53-,54-,55-,56-,57-,59+,60+/m1/s1. The van der Waals surface area contributed by atoms with Crippen LogP contribution in [0.4, 0.5) is 0 Å². The molecule has 7 aliphatic heterocycles. The maximum atomic E-state index is 14.4. The number of Topliss-reactive ketones (excluding diaryl/α,β-unsaturated/α-hetero) is 1. The average Bonchev–Trinajstić information content (AvgIpc) is 3.60. The fraction of sp³-hybridized carbons (Fsp3) is 0.783. The Hall–Kier alpha value is -1.90. The predicted octanol–water partition coefficient (Wildman–Crippen LogP) is 12.0. The number of ketones is 1. The number of carbonyl (C=O) groups excluding carboxylic acids is 1. The van der Waals surface area contributed by atoms with E-state index in [1.54, 1.807) is 0 Å². The van der Waals surface area contributed by atoms with Crippen LogP contribution in [0.15, 0.2) is 60.7 Å². The van der Waals surface area contributed by atoms with Crippen molar-refractivity contribution in [1.29, 1.82) is 0 Å². The van der Waals surface area contributed by atoms with Crippen LogP contribution in [0.1, 0.15) is 150 Å². The molecule has 0 saturated carbocycles. The van der Waals surface area contributed by atoms with Gasteiger partial charge in [0.15, 0.2) is 22.4 Å². The minimum absolute atomic E-state index is 0.00212. The van der Waals surface area contributed by atoms with Crippen LogP contribution < -0.4 is 0 Å². The molecule has 0 spiro atoms. The van der Waals surface area contributed by atoms with Crippen molar-refractivity contribution in [3.63, 3.8) is 0 Å². The Balaban J connectivity index is 0.878. The smallest absolute Gasteiger partial charge is 0.192 e. The SMILES string of the molecule is CC[Si](CC)(CC)O[C@@H]1C[C@]2(C)O[C@@H]3C[C@@H]4O[C@H](C)[C@@H](O[Si](C)(C)C(C)(C)C)C[C@H]4O[C@H]3CC[C@H]2O[C@H]1C[C@H]1O[C@H]2C[C@H]3O[C@@](C)(CCCOCc4ccccc4)[C@H](OCc4ccccc4)CC[C@@H]3O[C@@H]2CC1=O. The van der Waals surface area contributed by atoms with Crippen molar-refractivity contribution in [2.75, 3.05) is 6.61 Å².